The van der Waals surface area contributed by atoms with E-state index in [1.54, 1.807) is 0 Å². The summed E-state index contributed by atoms with van der Waals surface area (Å²) in [6.45, 7) is 0.0927. The van der Waals surface area contributed by atoms with Gasteiger partial charge in [-0.3, -0.25) is 0 Å². The van der Waals surface area contributed by atoms with Crippen LogP contribution in [0.4, 0.5) is 23.2 Å². The van der Waals surface area contributed by atoms with E-state index in [-0.39, 0.29) is 18.4 Å². The maximum Gasteiger partial charge on any atom is 0.185 e. The van der Waals surface area contributed by atoms with Crippen LogP contribution in [0.1, 0.15) is 19.3 Å². The first-order chi connectivity index (χ1) is 8.97. The summed E-state index contributed by atoms with van der Waals surface area (Å²) in [5.74, 6) is -5.81. The molecule has 0 amide bonds. The molecule has 0 atom stereocenters. The Morgan fingerprint density at radius 1 is 1.16 bits per heavy atom. The number of nitrogens with two attached hydrogens (primary N) is 1. The van der Waals surface area contributed by atoms with E-state index in [9.17, 15) is 17.6 Å². The Morgan fingerprint density at radius 3 is 2.26 bits per heavy atom. The maximum absolute atomic E-state index is 13.2. The second-order valence-corrected chi connectivity index (χ2v) is 3.82. The molecule has 0 spiro atoms. The van der Waals surface area contributed by atoms with Crippen molar-refractivity contribution >= 4 is 11.5 Å². The van der Waals surface area contributed by atoms with Gasteiger partial charge >= 0.3 is 0 Å². The normalized spacial score (nSPS) is 11.7. The molecule has 0 aliphatic rings. The summed E-state index contributed by atoms with van der Waals surface area (Å²) in [7, 11) is 0. The van der Waals surface area contributed by atoms with Gasteiger partial charge in [-0.2, -0.15) is 0 Å². The highest BCUT2D eigenvalue weighted by atomic mass is 19.2. The van der Waals surface area contributed by atoms with Gasteiger partial charge in [0.25, 0.3) is 0 Å². The summed E-state index contributed by atoms with van der Waals surface area (Å²) in [4.78, 5) is 0. The van der Waals surface area contributed by atoms with Crippen LogP contribution in [0.2, 0.25) is 0 Å². The van der Waals surface area contributed by atoms with E-state index in [1.165, 1.54) is 0 Å². The Hall–Kier alpha value is -1.99. The molecule has 1 aromatic rings. The van der Waals surface area contributed by atoms with Crippen molar-refractivity contribution in [3.63, 3.8) is 0 Å². The number of hydrogen-bond donors (Lipinski definition) is 3. The van der Waals surface area contributed by atoms with Crippen LogP contribution in [0.5, 0.6) is 0 Å². The van der Waals surface area contributed by atoms with Crippen molar-refractivity contribution in [1.29, 1.82) is 0 Å². The van der Waals surface area contributed by atoms with Gasteiger partial charge in [0.2, 0.25) is 0 Å². The van der Waals surface area contributed by atoms with Crippen LogP contribution in [0.25, 0.3) is 0 Å². The fourth-order valence-corrected chi connectivity index (χ4v) is 1.42. The Balaban J connectivity index is 2.54. The first-order valence-corrected chi connectivity index (χ1v) is 5.50. The highest BCUT2D eigenvalue weighted by Crippen LogP contribution is 2.24. The van der Waals surface area contributed by atoms with E-state index in [1.807, 2.05) is 0 Å². The predicted octanol–water partition coefficient (Wildman–Crippen LogP) is 2.57. The van der Waals surface area contributed by atoms with Crippen molar-refractivity contribution < 1.29 is 22.8 Å². The molecule has 0 heterocycles. The molecular weight excluding hydrogens is 266 g/mol. The van der Waals surface area contributed by atoms with Gasteiger partial charge in [0.15, 0.2) is 23.3 Å². The third-order valence-corrected chi connectivity index (χ3v) is 2.40. The molecule has 4 nitrogen and oxygen atoms in total. The summed E-state index contributed by atoms with van der Waals surface area (Å²) in [6.07, 6.45) is 1.22. The van der Waals surface area contributed by atoms with Crippen molar-refractivity contribution in [2.75, 3.05) is 11.9 Å². The number of amidine groups is 1. The van der Waals surface area contributed by atoms with Gasteiger partial charge in [-0.25, -0.2) is 17.6 Å². The quantitative estimate of drug-likeness (QED) is 0.142. The fourth-order valence-electron chi connectivity index (χ4n) is 1.42. The average molecular weight is 279 g/mol. The predicted molar refractivity (Wildman–Crippen MR) is 62.0 cm³/mol. The highest BCUT2D eigenvalue weighted by molar-refractivity contribution is 5.79. The maximum atomic E-state index is 13.2. The third kappa shape index (κ3) is 4.01. The van der Waals surface area contributed by atoms with Crippen molar-refractivity contribution in [2.45, 2.75) is 19.3 Å². The summed E-state index contributed by atoms with van der Waals surface area (Å²) in [6, 6.07) is 0.147. The largest absolute Gasteiger partial charge is 0.409 e. The number of halogens is 4. The number of anilines is 1. The Kier molecular flexibility index (Phi) is 5.40. The molecule has 1 aromatic carbocycles. The SMILES string of the molecule is N/C(CCCCNc1c(F)c(F)cc(F)c1F)=N/O. The standard InChI is InChI=1S/C11H13F4N3O/c12-6-5-7(13)10(15)11(9(6)14)17-4-2-1-3-8(16)18-19/h5,17,19H,1-4H2,(H2,16,18). The Labute approximate surface area is 106 Å². The van der Waals surface area contributed by atoms with Crippen LogP contribution in [-0.2, 0) is 0 Å². The van der Waals surface area contributed by atoms with E-state index in [2.05, 4.69) is 10.5 Å². The van der Waals surface area contributed by atoms with Crippen molar-refractivity contribution in [2.24, 2.45) is 10.9 Å². The van der Waals surface area contributed by atoms with Crippen LogP contribution in [-0.4, -0.2) is 17.6 Å². The molecule has 1 rings (SSSR count). The number of hydrogen-bond acceptors (Lipinski definition) is 3. The van der Waals surface area contributed by atoms with Gasteiger partial charge in [0.1, 0.15) is 11.5 Å². The lowest BCUT2D eigenvalue weighted by Gasteiger charge is -2.09. The molecule has 0 aliphatic heterocycles. The number of oxime groups is 1. The van der Waals surface area contributed by atoms with Gasteiger partial charge in [-0.05, 0) is 12.8 Å². The molecule has 4 N–H and O–H groups in total. The van der Waals surface area contributed by atoms with Crippen molar-refractivity contribution in [3.05, 3.63) is 29.3 Å². The zero-order valence-corrected chi connectivity index (χ0v) is 9.89. The summed E-state index contributed by atoms with van der Waals surface area (Å²) in [5, 5.41) is 13.3. The Morgan fingerprint density at radius 2 is 1.74 bits per heavy atom. The zero-order chi connectivity index (χ0) is 14.4. The fraction of sp³-hybridized carbons (Fsp3) is 0.364. The topological polar surface area (TPSA) is 70.6 Å². The van der Waals surface area contributed by atoms with Gasteiger partial charge in [-0.1, -0.05) is 5.16 Å². The second-order valence-electron chi connectivity index (χ2n) is 3.82. The highest BCUT2D eigenvalue weighted by Gasteiger charge is 2.18. The molecule has 0 radical (unpaired) electrons. The van der Waals surface area contributed by atoms with E-state index < -0.39 is 29.0 Å². The van der Waals surface area contributed by atoms with Crippen LogP contribution in [0, 0.1) is 23.3 Å². The lowest BCUT2D eigenvalue weighted by molar-refractivity contribution is 0.316. The van der Waals surface area contributed by atoms with Crippen LogP contribution >= 0.6 is 0 Å². The molecular formula is C11H13F4N3O. The number of nitrogens with one attached hydrogen (secondary N) is 1. The van der Waals surface area contributed by atoms with Gasteiger partial charge in [-0.15, -0.1) is 0 Å². The molecule has 19 heavy (non-hydrogen) atoms. The van der Waals surface area contributed by atoms with E-state index >= 15 is 0 Å². The first-order valence-electron chi connectivity index (χ1n) is 5.50. The number of benzene rings is 1. The number of unbranched alkanes of at least 4 members (excludes halogenated alkanes) is 1. The molecule has 0 bridgehead atoms. The van der Waals surface area contributed by atoms with Gasteiger partial charge in [0, 0.05) is 19.0 Å². The summed E-state index contributed by atoms with van der Waals surface area (Å²) >= 11 is 0. The monoisotopic (exact) mass is 279 g/mol. The zero-order valence-electron chi connectivity index (χ0n) is 9.89. The van der Waals surface area contributed by atoms with Crippen molar-refractivity contribution in [3.8, 4) is 0 Å². The minimum absolute atomic E-state index is 0.0363. The molecule has 0 saturated heterocycles. The molecule has 0 saturated carbocycles. The lowest BCUT2D eigenvalue weighted by Crippen LogP contribution is -2.12. The lowest BCUT2D eigenvalue weighted by atomic mass is 10.2. The summed E-state index contributed by atoms with van der Waals surface area (Å²) in [5.41, 5.74) is 4.38. The Bertz CT molecular complexity index is 453. The van der Waals surface area contributed by atoms with E-state index in [0.717, 1.165) is 0 Å². The third-order valence-electron chi connectivity index (χ3n) is 2.40. The van der Waals surface area contributed by atoms with Crippen LogP contribution in [0.3, 0.4) is 0 Å². The van der Waals surface area contributed by atoms with Crippen LogP contribution < -0.4 is 11.1 Å². The van der Waals surface area contributed by atoms with Gasteiger partial charge < -0.3 is 16.3 Å². The molecule has 0 unspecified atom stereocenters. The first kappa shape index (κ1) is 15.1. The van der Waals surface area contributed by atoms with Crippen molar-refractivity contribution in [1.82, 2.24) is 0 Å². The summed E-state index contributed by atoms with van der Waals surface area (Å²) < 4.78 is 52.2. The second kappa shape index (κ2) is 6.81. The molecule has 8 heteroatoms. The molecule has 106 valence electrons. The molecule has 0 aliphatic carbocycles. The number of nitrogens with zero attached hydrogens (tertiary/aromatic N) is 1. The van der Waals surface area contributed by atoms with Crippen LogP contribution in [0.15, 0.2) is 11.2 Å². The van der Waals surface area contributed by atoms with E-state index in [4.69, 9.17) is 10.9 Å². The number of rotatable bonds is 6. The van der Waals surface area contributed by atoms with Gasteiger partial charge in [0.05, 0.1) is 0 Å². The molecule has 0 aromatic heterocycles. The average Bonchev–Trinajstić information content (AvgIpc) is 2.39. The molecule has 0 fully saturated rings. The minimum atomic E-state index is -1.46. The smallest absolute Gasteiger partial charge is 0.185 e. The minimum Gasteiger partial charge on any atom is -0.409 e. The van der Waals surface area contributed by atoms with E-state index in [0.29, 0.717) is 19.3 Å².